The maximum atomic E-state index is 12.3. The number of carbonyl (C=O) groups excluding carboxylic acids is 2. The number of alkyl carbamates (subject to hydrolysis) is 1. The summed E-state index contributed by atoms with van der Waals surface area (Å²) in [6.07, 6.45) is 7.04. The second kappa shape index (κ2) is 11.0. The second-order valence-electron chi connectivity index (χ2n) is 7.54. The lowest BCUT2D eigenvalue weighted by Crippen LogP contribution is -2.42. The first kappa shape index (κ1) is 21.3. The highest BCUT2D eigenvalue weighted by molar-refractivity contribution is 5.70. The molecule has 150 valence electrons. The Hall–Kier alpha value is -2.04. The van der Waals surface area contributed by atoms with Gasteiger partial charge in [-0.3, -0.25) is 4.79 Å². The molecule has 1 N–H and O–H groups in total. The summed E-state index contributed by atoms with van der Waals surface area (Å²) in [6, 6.07) is 10.4. The molecule has 0 bridgehead atoms. The van der Waals surface area contributed by atoms with Gasteiger partial charge in [0.1, 0.15) is 0 Å². The second-order valence-corrected chi connectivity index (χ2v) is 7.54. The molecule has 1 saturated carbocycles. The minimum absolute atomic E-state index is 0.0684. The first-order valence-corrected chi connectivity index (χ1v) is 10.2. The summed E-state index contributed by atoms with van der Waals surface area (Å²) in [6.45, 7) is 4.27. The maximum Gasteiger partial charge on any atom is 0.410 e. The molecule has 1 aliphatic rings. The van der Waals surface area contributed by atoms with Gasteiger partial charge in [-0.1, -0.05) is 63.4 Å². The van der Waals surface area contributed by atoms with Crippen molar-refractivity contribution in [3.63, 3.8) is 0 Å². The van der Waals surface area contributed by atoms with Crippen LogP contribution in [-0.2, 0) is 20.7 Å². The normalized spacial score (nSPS) is 17.0. The van der Waals surface area contributed by atoms with Gasteiger partial charge in [0, 0.05) is 19.4 Å². The minimum atomic E-state index is -0.807. The molecule has 1 atom stereocenters. The van der Waals surface area contributed by atoms with Crippen molar-refractivity contribution in [3.8, 4) is 0 Å². The smallest absolute Gasteiger partial charge is 0.410 e. The predicted octanol–water partition coefficient (Wildman–Crippen LogP) is 4.99. The molecular formula is C22H33NO4. The number of nitrogens with one attached hydrogen (secondary N) is 1. The fourth-order valence-corrected chi connectivity index (χ4v) is 3.77. The fraction of sp³-hybridized carbons (Fsp3) is 0.636. The fourth-order valence-electron chi connectivity index (χ4n) is 3.77. The Bertz CT molecular complexity index is 581. The quantitative estimate of drug-likeness (QED) is 0.488. The van der Waals surface area contributed by atoms with Crippen molar-refractivity contribution in [2.75, 3.05) is 6.54 Å². The Morgan fingerprint density at radius 2 is 1.78 bits per heavy atom. The third-order valence-corrected chi connectivity index (χ3v) is 5.26. The van der Waals surface area contributed by atoms with E-state index in [0.717, 1.165) is 25.7 Å². The first-order valence-electron chi connectivity index (χ1n) is 10.2. The van der Waals surface area contributed by atoms with Gasteiger partial charge in [0.05, 0.1) is 0 Å². The van der Waals surface area contributed by atoms with Crippen molar-refractivity contribution < 1.29 is 19.1 Å². The molecule has 1 aliphatic carbocycles. The molecule has 1 aromatic carbocycles. The molecule has 1 fully saturated rings. The van der Waals surface area contributed by atoms with Crippen molar-refractivity contribution in [2.24, 2.45) is 5.41 Å². The van der Waals surface area contributed by atoms with Gasteiger partial charge in [0.25, 0.3) is 0 Å². The zero-order valence-corrected chi connectivity index (χ0v) is 16.7. The molecule has 0 aliphatic heterocycles. The average Bonchev–Trinajstić information content (AvgIpc) is 2.68. The van der Waals surface area contributed by atoms with E-state index in [2.05, 4.69) is 29.6 Å². The van der Waals surface area contributed by atoms with E-state index in [1.54, 1.807) is 6.92 Å². The molecular weight excluding hydrogens is 342 g/mol. The van der Waals surface area contributed by atoms with Crippen LogP contribution in [0.2, 0.25) is 0 Å². The Labute approximate surface area is 162 Å². The Kier molecular flexibility index (Phi) is 8.62. The van der Waals surface area contributed by atoms with E-state index in [1.807, 2.05) is 13.0 Å². The molecule has 0 radical (unpaired) electrons. The van der Waals surface area contributed by atoms with Crippen molar-refractivity contribution in [1.29, 1.82) is 0 Å². The summed E-state index contributed by atoms with van der Waals surface area (Å²) in [7, 11) is 0. The van der Waals surface area contributed by atoms with E-state index < -0.39 is 12.4 Å². The first-order chi connectivity index (χ1) is 13.1. The average molecular weight is 376 g/mol. The summed E-state index contributed by atoms with van der Waals surface area (Å²) in [5.74, 6) is -0.353. The third kappa shape index (κ3) is 7.24. The zero-order chi connectivity index (χ0) is 19.5. The topological polar surface area (TPSA) is 64.6 Å². The molecule has 0 heterocycles. The molecule has 5 heteroatoms. The summed E-state index contributed by atoms with van der Waals surface area (Å²) < 4.78 is 10.6. The lowest BCUT2D eigenvalue weighted by atomic mass is 9.70. The maximum absolute atomic E-state index is 12.3. The highest BCUT2D eigenvalue weighted by atomic mass is 16.7. The van der Waals surface area contributed by atoms with E-state index in [-0.39, 0.29) is 17.8 Å². The number of benzene rings is 1. The SMILES string of the molecule is CCCC(OC(=O)CC)OC(=O)NCC1(Cc2ccccc2)CCCCC1. The van der Waals surface area contributed by atoms with Crippen LogP contribution < -0.4 is 5.32 Å². The van der Waals surface area contributed by atoms with Gasteiger partial charge >= 0.3 is 12.1 Å². The van der Waals surface area contributed by atoms with Crippen LogP contribution in [-0.4, -0.2) is 24.9 Å². The molecule has 1 amide bonds. The van der Waals surface area contributed by atoms with Gasteiger partial charge in [-0.25, -0.2) is 4.79 Å². The number of hydrogen-bond donors (Lipinski definition) is 1. The molecule has 0 spiro atoms. The number of carbonyl (C=O) groups is 2. The zero-order valence-electron chi connectivity index (χ0n) is 16.7. The molecule has 2 rings (SSSR count). The van der Waals surface area contributed by atoms with Gasteiger partial charge in [0.15, 0.2) is 0 Å². The lowest BCUT2D eigenvalue weighted by Gasteiger charge is -2.37. The highest BCUT2D eigenvalue weighted by Crippen LogP contribution is 2.38. The third-order valence-electron chi connectivity index (χ3n) is 5.26. The van der Waals surface area contributed by atoms with Crippen LogP contribution in [0.15, 0.2) is 30.3 Å². The highest BCUT2D eigenvalue weighted by Gasteiger charge is 2.33. The van der Waals surface area contributed by atoms with Gasteiger partial charge in [-0.15, -0.1) is 0 Å². The van der Waals surface area contributed by atoms with Crippen molar-refractivity contribution in [2.45, 2.75) is 77.9 Å². The van der Waals surface area contributed by atoms with Crippen LogP contribution in [0.25, 0.3) is 0 Å². The Morgan fingerprint density at radius 1 is 1.07 bits per heavy atom. The van der Waals surface area contributed by atoms with E-state index in [1.165, 1.54) is 24.8 Å². The Balaban J connectivity index is 1.93. The van der Waals surface area contributed by atoms with Crippen LogP contribution in [0.4, 0.5) is 4.79 Å². The molecule has 1 unspecified atom stereocenters. The summed E-state index contributed by atoms with van der Waals surface area (Å²) in [5, 5.41) is 2.94. The van der Waals surface area contributed by atoms with E-state index >= 15 is 0 Å². The standard InChI is InChI=1S/C22H33NO4/c1-3-11-20(26-19(24)4-2)27-21(25)23-17-22(14-9-6-10-15-22)16-18-12-7-5-8-13-18/h5,7-8,12-13,20H,3-4,6,9-11,14-17H2,1-2H3,(H,23,25). The van der Waals surface area contributed by atoms with E-state index in [0.29, 0.717) is 13.0 Å². The largest absolute Gasteiger partial charge is 0.425 e. The van der Waals surface area contributed by atoms with Crippen LogP contribution in [0.3, 0.4) is 0 Å². The number of esters is 1. The monoisotopic (exact) mass is 375 g/mol. The van der Waals surface area contributed by atoms with E-state index in [9.17, 15) is 9.59 Å². The molecule has 1 aromatic rings. The van der Waals surface area contributed by atoms with Crippen LogP contribution in [0.1, 0.15) is 70.8 Å². The number of amides is 1. The van der Waals surface area contributed by atoms with Crippen molar-refractivity contribution in [3.05, 3.63) is 35.9 Å². The Morgan fingerprint density at radius 3 is 2.41 bits per heavy atom. The summed E-state index contributed by atoms with van der Waals surface area (Å²) in [5.41, 5.74) is 1.37. The molecule has 0 saturated heterocycles. The molecule has 5 nitrogen and oxygen atoms in total. The van der Waals surface area contributed by atoms with Gasteiger partial charge in [-0.05, 0) is 36.7 Å². The minimum Gasteiger partial charge on any atom is -0.425 e. The van der Waals surface area contributed by atoms with Crippen LogP contribution >= 0.6 is 0 Å². The van der Waals surface area contributed by atoms with Gasteiger partial charge < -0.3 is 14.8 Å². The number of hydrogen-bond acceptors (Lipinski definition) is 4. The van der Waals surface area contributed by atoms with Crippen LogP contribution in [0, 0.1) is 5.41 Å². The van der Waals surface area contributed by atoms with Crippen molar-refractivity contribution in [1.82, 2.24) is 5.32 Å². The van der Waals surface area contributed by atoms with Gasteiger partial charge in [-0.2, -0.15) is 0 Å². The van der Waals surface area contributed by atoms with E-state index in [4.69, 9.17) is 9.47 Å². The van der Waals surface area contributed by atoms with Gasteiger partial charge in [0.2, 0.25) is 6.29 Å². The number of ether oxygens (including phenoxy) is 2. The molecule has 0 aromatic heterocycles. The predicted molar refractivity (Wildman–Crippen MR) is 105 cm³/mol. The summed E-state index contributed by atoms with van der Waals surface area (Å²) >= 11 is 0. The van der Waals surface area contributed by atoms with Crippen molar-refractivity contribution >= 4 is 12.1 Å². The summed E-state index contributed by atoms with van der Waals surface area (Å²) in [4.78, 5) is 23.8. The lowest BCUT2D eigenvalue weighted by molar-refractivity contribution is -0.168. The van der Waals surface area contributed by atoms with Crippen LogP contribution in [0.5, 0.6) is 0 Å². The molecule has 27 heavy (non-hydrogen) atoms. The number of rotatable bonds is 9.